The minimum absolute atomic E-state index is 0.171. The summed E-state index contributed by atoms with van der Waals surface area (Å²) in [4.78, 5) is 0. The van der Waals surface area contributed by atoms with E-state index in [1.54, 1.807) is 13.2 Å². The molecule has 3 heteroatoms. The smallest absolute Gasteiger partial charge is 0.146 e. The van der Waals surface area contributed by atoms with Crippen molar-refractivity contribution in [1.82, 2.24) is 0 Å². The molecule has 110 valence electrons. The van der Waals surface area contributed by atoms with E-state index in [-0.39, 0.29) is 5.82 Å². The van der Waals surface area contributed by atoms with Crippen molar-refractivity contribution in [3.8, 4) is 5.75 Å². The minimum Gasteiger partial charge on any atom is -0.496 e. The van der Waals surface area contributed by atoms with E-state index in [2.05, 4.69) is 11.4 Å². The summed E-state index contributed by atoms with van der Waals surface area (Å²) in [7, 11) is 1.70. The molecule has 3 rings (SSSR count). The van der Waals surface area contributed by atoms with Crippen molar-refractivity contribution in [2.75, 3.05) is 12.4 Å². The lowest BCUT2D eigenvalue weighted by atomic mass is 9.75. The monoisotopic (exact) mass is 285 g/mol. The van der Waals surface area contributed by atoms with Crippen LogP contribution in [0.25, 0.3) is 0 Å². The Labute approximate surface area is 125 Å². The molecule has 0 spiro atoms. The molecule has 0 aromatic heterocycles. The Morgan fingerprint density at radius 1 is 1.14 bits per heavy atom. The molecule has 2 aromatic rings. The van der Waals surface area contributed by atoms with Crippen LogP contribution in [0, 0.1) is 12.7 Å². The first-order valence-corrected chi connectivity index (χ1v) is 7.33. The van der Waals surface area contributed by atoms with Crippen LogP contribution in [0.1, 0.15) is 29.9 Å². The molecule has 1 saturated carbocycles. The van der Waals surface area contributed by atoms with Crippen LogP contribution < -0.4 is 10.1 Å². The van der Waals surface area contributed by atoms with Crippen LogP contribution in [0.2, 0.25) is 0 Å². The van der Waals surface area contributed by atoms with Gasteiger partial charge < -0.3 is 10.1 Å². The molecule has 1 fully saturated rings. The van der Waals surface area contributed by atoms with Crippen molar-refractivity contribution >= 4 is 5.69 Å². The predicted molar refractivity (Wildman–Crippen MR) is 83.5 cm³/mol. The Hall–Kier alpha value is -2.03. The third kappa shape index (κ3) is 2.87. The number of para-hydroxylation sites is 1. The molecular weight excluding hydrogens is 265 g/mol. The SMILES string of the molecule is COc1ccccc1C1CC(Nc2ccc(C)cc2F)C1. The van der Waals surface area contributed by atoms with E-state index in [4.69, 9.17) is 4.74 Å². The van der Waals surface area contributed by atoms with Crippen molar-refractivity contribution in [2.24, 2.45) is 0 Å². The van der Waals surface area contributed by atoms with Crippen LogP contribution in [0.3, 0.4) is 0 Å². The zero-order chi connectivity index (χ0) is 14.8. The summed E-state index contributed by atoms with van der Waals surface area (Å²) in [5.41, 5.74) is 2.80. The molecule has 2 nitrogen and oxygen atoms in total. The summed E-state index contributed by atoms with van der Waals surface area (Å²) < 4.78 is 19.2. The van der Waals surface area contributed by atoms with Gasteiger partial charge in [0.2, 0.25) is 0 Å². The second-order valence-electron chi connectivity index (χ2n) is 5.73. The first kappa shape index (κ1) is 13.9. The van der Waals surface area contributed by atoms with Gasteiger partial charge in [-0.1, -0.05) is 24.3 Å². The number of aryl methyl sites for hydroxylation is 1. The van der Waals surface area contributed by atoms with Gasteiger partial charge in [0.15, 0.2) is 0 Å². The molecule has 0 heterocycles. The van der Waals surface area contributed by atoms with Crippen molar-refractivity contribution in [3.63, 3.8) is 0 Å². The summed E-state index contributed by atoms with van der Waals surface area (Å²) in [5.74, 6) is 1.27. The zero-order valence-electron chi connectivity index (χ0n) is 12.4. The van der Waals surface area contributed by atoms with Crippen molar-refractivity contribution in [2.45, 2.75) is 31.7 Å². The lowest BCUT2D eigenvalue weighted by molar-refractivity contribution is 0.349. The average molecular weight is 285 g/mol. The molecule has 0 bridgehead atoms. The van der Waals surface area contributed by atoms with Crippen LogP contribution in [-0.4, -0.2) is 13.2 Å². The molecule has 0 saturated heterocycles. The minimum atomic E-state index is -0.171. The largest absolute Gasteiger partial charge is 0.496 e. The van der Waals surface area contributed by atoms with Gasteiger partial charge in [0, 0.05) is 6.04 Å². The lowest BCUT2D eigenvalue weighted by Gasteiger charge is -2.37. The summed E-state index contributed by atoms with van der Waals surface area (Å²) in [5, 5.41) is 3.30. The van der Waals surface area contributed by atoms with Gasteiger partial charge in [-0.15, -0.1) is 0 Å². The van der Waals surface area contributed by atoms with E-state index < -0.39 is 0 Å². The van der Waals surface area contributed by atoms with E-state index in [1.165, 1.54) is 5.56 Å². The topological polar surface area (TPSA) is 21.3 Å². The fraction of sp³-hybridized carbons (Fsp3) is 0.333. The highest BCUT2D eigenvalue weighted by Gasteiger charge is 2.32. The van der Waals surface area contributed by atoms with Gasteiger partial charge in [-0.05, 0) is 55.0 Å². The van der Waals surface area contributed by atoms with Crippen LogP contribution in [-0.2, 0) is 0 Å². The summed E-state index contributed by atoms with van der Waals surface area (Å²) in [6, 6.07) is 13.8. The van der Waals surface area contributed by atoms with E-state index in [1.807, 2.05) is 37.3 Å². The van der Waals surface area contributed by atoms with Gasteiger partial charge in [0.05, 0.1) is 12.8 Å². The normalized spacial score (nSPS) is 20.7. The van der Waals surface area contributed by atoms with Gasteiger partial charge in [-0.2, -0.15) is 0 Å². The maximum atomic E-state index is 13.8. The maximum Gasteiger partial charge on any atom is 0.146 e. The van der Waals surface area contributed by atoms with Crippen LogP contribution in [0.15, 0.2) is 42.5 Å². The van der Waals surface area contributed by atoms with Gasteiger partial charge in [0.1, 0.15) is 11.6 Å². The second kappa shape index (κ2) is 5.76. The molecule has 1 N–H and O–H groups in total. The number of anilines is 1. The number of ether oxygens (including phenoxy) is 1. The van der Waals surface area contributed by atoms with Crippen LogP contribution >= 0.6 is 0 Å². The number of methoxy groups -OCH3 is 1. The van der Waals surface area contributed by atoms with Gasteiger partial charge in [0.25, 0.3) is 0 Å². The molecule has 0 unspecified atom stereocenters. The highest BCUT2D eigenvalue weighted by molar-refractivity contribution is 5.48. The number of halogens is 1. The van der Waals surface area contributed by atoms with Gasteiger partial charge in [-0.25, -0.2) is 4.39 Å². The molecule has 0 amide bonds. The third-order valence-electron chi connectivity index (χ3n) is 4.20. The fourth-order valence-electron chi connectivity index (χ4n) is 2.95. The third-order valence-corrected chi connectivity index (χ3v) is 4.20. The van der Waals surface area contributed by atoms with Crippen LogP contribution in [0.4, 0.5) is 10.1 Å². The summed E-state index contributed by atoms with van der Waals surface area (Å²) in [6.07, 6.45) is 2.02. The van der Waals surface area contributed by atoms with E-state index >= 15 is 0 Å². The Bertz CT molecular complexity index is 635. The Balaban J connectivity index is 1.63. The number of benzene rings is 2. The van der Waals surface area contributed by atoms with Crippen LogP contribution in [0.5, 0.6) is 5.75 Å². The van der Waals surface area contributed by atoms with Crippen molar-refractivity contribution < 1.29 is 9.13 Å². The standard InChI is InChI=1S/C18H20FNO/c1-12-7-8-17(16(19)9-12)20-14-10-13(11-14)15-5-3-4-6-18(15)21-2/h3-9,13-14,20H,10-11H2,1-2H3. The molecule has 0 atom stereocenters. The Morgan fingerprint density at radius 3 is 2.62 bits per heavy atom. The second-order valence-corrected chi connectivity index (χ2v) is 5.73. The number of hydrogen-bond donors (Lipinski definition) is 1. The lowest BCUT2D eigenvalue weighted by Crippen LogP contribution is -2.34. The van der Waals surface area contributed by atoms with E-state index in [9.17, 15) is 4.39 Å². The Kier molecular flexibility index (Phi) is 3.82. The molecule has 2 aromatic carbocycles. The molecule has 0 aliphatic heterocycles. The van der Waals surface area contributed by atoms with Gasteiger partial charge >= 0.3 is 0 Å². The average Bonchev–Trinajstić information content (AvgIpc) is 2.44. The quantitative estimate of drug-likeness (QED) is 0.893. The van der Waals surface area contributed by atoms with Crippen molar-refractivity contribution in [1.29, 1.82) is 0 Å². The molecular formula is C18H20FNO. The Morgan fingerprint density at radius 2 is 1.90 bits per heavy atom. The zero-order valence-corrected chi connectivity index (χ0v) is 12.4. The molecule has 1 aliphatic rings. The highest BCUT2D eigenvalue weighted by atomic mass is 19.1. The number of nitrogens with one attached hydrogen (secondary N) is 1. The summed E-state index contributed by atoms with van der Waals surface area (Å²) in [6.45, 7) is 1.90. The molecule has 0 radical (unpaired) electrons. The highest BCUT2D eigenvalue weighted by Crippen LogP contribution is 2.42. The number of hydrogen-bond acceptors (Lipinski definition) is 2. The van der Waals surface area contributed by atoms with E-state index in [0.29, 0.717) is 17.6 Å². The molecule has 1 aliphatic carbocycles. The predicted octanol–water partition coefficient (Wildman–Crippen LogP) is 4.50. The first-order chi connectivity index (χ1) is 10.2. The fourth-order valence-corrected chi connectivity index (χ4v) is 2.95. The number of rotatable bonds is 4. The van der Waals surface area contributed by atoms with E-state index in [0.717, 1.165) is 24.2 Å². The van der Waals surface area contributed by atoms with Crippen molar-refractivity contribution in [3.05, 3.63) is 59.4 Å². The summed E-state index contributed by atoms with van der Waals surface area (Å²) >= 11 is 0. The molecule has 21 heavy (non-hydrogen) atoms. The maximum absolute atomic E-state index is 13.8. The first-order valence-electron chi connectivity index (χ1n) is 7.33. The van der Waals surface area contributed by atoms with Gasteiger partial charge in [-0.3, -0.25) is 0 Å².